The third-order valence-electron chi connectivity index (χ3n) is 6.47. The number of anilines is 1. The first-order valence-corrected chi connectivity index (χ1v) is 12.9. The number of carboxylic acid groups (broad SMARTS) is 1. The van der Waals surface area contributed by atoms with Gasteiger partial charge in [-0.2, -0.15) is 0 Å². The SMILES string of the molecule is Cc1cc(S(=O)(=O)N2CC(C(C)C)c3cc(-c4ccc(F)cc4F)cc(C)c32)ccc1OCC(=O)O. The van der Waals surface area contributed by atoms with Crippen LogP contribution in [0.25, 0.3) is 11.1 Å². The standard InChI is InChI=1S/C27H27F2NO5S/c1-15(2)23-13-30(36(33,34)20-6-8-25(16(3)10-20)35-14-26(31)32)27-17(4)9-18(11-22(23)27)21-7-5-19(28)12-24(21)29/h5-12,15,23H,13-14H2,1-4H3,(H,31,32). The van der Waals surface area contributed by atoms with Gasteiger partial charge in [0.2, 0.25) is 0 Å². The molecular weight excluding hydrogens is 488 g/mol. The van der Waals surface area contributed by atoms with E-state index < -0.39 is 34.2 Å². The van der Waals surface area contributed by atoms with E-state index in [1.54, 1.807) is 26.0 Å². The van der Waals surface area contributed by atoms with E-state index in [-0.39, 0.29) is 28.8 Å². The third-order valence-corrected chi connectivity index (χ3v) is 8.24. The molecule has 4 rings (SSSR count). The molecule has 1 unspecified atom stereocenters. The van der Waals surface area contributed by atoms with E-state index in [9.17, 15) is 22.0 Å². The first-order chi connectivity index (χ1) is 16.9. The topological polar surface area (TPSA) is 83.9 Å². The number of carbonyl (C=O) groups is 1. The number of halogens is 2. The number of nitrogens with zero attached hydrogens (tertiary/aromatic N) is 1. The van der Waals surface area contributed by atoms with Gasteiger partial charge in [-0.1, -0.05) is 13.8 Å². The molecule has 3 aromatic rings. The smallest absolute Gasteiger partial charge is 0.341 e. The van der Waals surface area contributed by atoms with Crippen molar-refractivity contribution in [3.8, 4) is 16.9 Å². The zero-order valence-electron chi connectivity index (χ0n) is 20.4. The molecule has 0 saturated heterocycles. The van der Waals surface area contributed by atoms with Gasteiger partial charge in [0.1, 0.15) is 17.4 Å². The molecule has 3 aromatic carbocycles. The average Bonchev–Trinajstić information content (AvgIpc) is 3.19. The summed E-state index contributed by atoms with van der Waals surface area (Å²) in [5.41, 5.74) is 3.32. The quantitative estimate of drug-likeness (QED) is 0.439. The molecule has 1 atom stereocenters. The minimum Gasteiger partial charge on any atom is -0.482 e. The van der Waals surface area contributed by atoms with Crippen LogP contribution in [-0.2, 0) is 14.8 Å². The lowest BCUT2D eigenvalue weighted by atomic mass is 9.87. The zero-order valence-corrected chi connectivity index (χ0v) is 21.2. The van der Waals surface area contributed by atoms with Crippen LogP contribution in [0.5, 0.6) is 5.75 Å². The molecule has 36 heavy (non-hydrogen) atoms. The van der Waals surface area contributed by atoms with Gasteiger partial charge in [0.25, 0.3) is 10.0 Å². The summed E-state index contributed by atoms with van der Waals surface area (Å²) in [6.45, 7) is 7.14. The van der Waals surface area contributed by atoms with Crippen LogP contribution in [-0.4, -0.2) is 32.6 Å². The Morgan fingerprint density at radius 3 is 2.42 bits per heavy atom. The molecule has 0 aliphatic carbocycles. The normalized spacial score (nSPS) is 15.3. The Morgan fingerprint density at radius 1 is 1.08 bits per heavy atom. The van der Waals surface area contributed by atoms with Crippen molar-refractivity contribution in [2.75, 3.05) is 17.5 Å². The van der Waals surface area contributed by atoms with Crippen LogP contribution < -0.4 is 9.04 Å². The maximum atomic E-state index is 14.5. The molecule has 6 nitrogen and oxygen atoms in total. The van der Waals surface area contributed by atoms with Crippen molar-refractivity contribution >= 4 is 21.7 Å². The molecule has 1 aliphatic heterocycles. The first-order valence-electron chi connectivity index (χ1n) is 11.5. The number of ether oxygens (including phenoxy) is 1. The molecule has 0 amide bonds. The van der Waals surface area contributed by atoms with Gasteiger partial charge in [0, 0.05) is 24.1 Å². The first kappa shape index (κ1) is 25.6. The predicted octanol–water partition coefficient (Wildman–Crippen LogP) is 5.66. The van der Waals surface area contributed by atoms with Crippen LogP contribution in [0.1, 0.15) is 36.5 Å². The second-order valence-electron chi connectivity index (χ2n) is 9.35. The minimum absolute atomic E-state index is 0.0612. The van der Waals surface area contributed by atoms with Crippen molar-refractivity contribution < 1.29 is 31.8 Å². The fraction of sp³-hybridized carbons (Fsp3) is 0.296. The molecule has 1 N–H and O–H groups in total. The lowest BCUT2D eigenvalue weighted by Gasteiger charge is -2.23. The lowest BCUT2D eigenvalue weighted by molar-refractivity contribution is -0.139. The maximum absolute atomic E-state index is 14.5. The zero-order chi connectivity index (χ0) is 26.4. The summed E-state index contributed by atoms with van der Waals surface area (Å²) in [6.07, 6.45) is 0. The fourth-order valence-corrected chi connectivity index (χ4v) is 6.34. The van der Waals surface area contributed by atoms with Gasteiger partial charge >= 0.3 is 5.97 Å². The average molecular weight is 516 g/mol. The Bertz CT molecular complexity index is 1450. The van der Waals surface area contributed by atoms with Crippen LogP contribution in [0.2, 0.25) is 0 Å². The van der Waals surface area contributed by atoms with Crippen LogP contribution in [0.3, 0.4) is 0 Å². The number of hydrogen-bond donors (Lipinski definition) is 1. The van der Waals surface area contributed by atoms with E-state index in [4.69, 9.17) is 9.84 Å². The molecule has 0 spiro atoms. The van der Waals surface area contributed by atoms with Gasteiger partial charge in [-0.05, 0) is 84.5 Å². The number of carboxylic acids is 1. The lowest BCUT2D eigenvalue weighted by Crippen LogP contribution is -2.31. The highest BCUT2D eigenvalue weighted by molar-refractivity contribution is 7.92. The Kier molecular flexibility index (Phi) is 6.79. The molecule has 0 fully saturated rings. The van der Waals surface area contributed by atoms with Crippen molar-refractivity contribution in [3.63, 3.8) is 0 Å². The van der Waals surface area contributed by atoms with Crippen LogP contribution >= 0.6 is 0 Å². The van der Waals surface area contributed by atoms with Crippen LogP contribution in [0.15, 0.2) is 53.4 Å². The van der Waals surface area contributed by atoms with Gasteiger partial charge in [0.05, 0.1) is 10.6 Å². The van der Waals surface area contributed by atoms with Gasteiger partial charge in [-0.25, -0.2) is 22.0 Å². The summed E-state index contributed by atoms with van der Waals surface area (Å²) in [4.78, 5) is 10.9. The maximum Gasteiger partial charge on any atom is 0.341 e. The van der Waals surface area contributed by atoms with E-state index in [1.807, 2.05) is 13.8 Å². The number of benzene rings is 3. The minimum atomic E-state index is -3.97. The van der Waals surface area contributed by atoms with Gasteiger partial charge < -0.3 is 9.84 Å². The van der Waals surface area contributed by atoms with E-state index in [2.05, 4.69) is 0 Å². The van der Waals surface area contributed by atoms with Crippen molar-refractivity contribution in [1.29, 1.82) is 0 Å². The van der Waals surface area contributed by atoms with Gasteiger partial charge in [0.15, 0.2) is 6.61 Å². The van der Waals surface area contributed by atoms with Crippen LogP contribution in [0, 0.1) is 31.4 Å². The number of aryl methyl sites for hydroxylation is 2. The largest absolute Gasteiger partial charge is 0.482 e. The van der Waals surface area contributed by atoms with Gasteiger partial charge in [-0.3, -0.25) is 4.31 Å². The fourth-order valence-electron chi connectivity index (χ4n) is 4.68. The Labute approximate surface area is 209 Å². The summed E-state index contributed by atoms with van der Waals surface area (Å²) in [5.74, 6) is -2.21. The highest BCUT2D eigenvalue weighted by atomic mass is 32.2. The molecule has 1 aliphatic rings. The highest BCUT2D eigenvalue weighted by Crippen LogP contribution is 2.47. The number of rotatable bonds is 7. The second-order valence-corrected chi connectivity index (χ2v) is 11.2. The summed E-state index contributed by atoms with van der Waals surface area (Å²) in [6, 6.07) is 11.3. The van der Waals surface area contributed by atoms with E-state index >= 15 is 0 Å². The molecular formula is C27H27F2NO5S. The summed E-state index contributed by atoms with van der Waals surface area (Å²) in [5, 5.41) is 8.84. The summed E-state index contributed by atoms with van der Waals surface area (Å²) in [7, 11) is -3.97. The number of sulfonamides is 1. The van der Waals surface area contributed by atoms with Crippen molar-refractivity contribution in [2.45, 2.75) is 38.5 Å². The van der Waals surface area contributed by atoms with Crippen molar-refractivity contribution in [1.82, 2.24) is 0 Å². The molecule has 9 heteroatoms. The molecule has 0 bridgehead atoms. The van der Waals surface area contributed by atoms with E-state index in [0.717, 1.165) is 11.6 Å². The number of aliphatic carboxylic acids is 1. The third kappa shape index (κ3) is 4.67. The number of fused-ring (bicyclic) bond motifs is 1. The Hall–Kier alpha value is -3.46. The molecule has 1 heterocycles. The van der Waals surface area contributed by atoms with Crippen molar-refractivity contribution in [2.24, 2.45) is 5.92 Å². The van der Waals surface area contributed by atoms with Gasteiger partial charge in [-0.15, -0.1) is 0 Å². The summed E-state index contributed by atoms with van der Waals surface area (Å²) >= 11 is 0. The van der Waals surface area contributed by atoms with Crippen LogP contribution in [0.4, 0.5) is 14.5 Å². The van der Waals surface area contributed by atoms with E-state index in [0.29, 0.717) is 28.1 Å². The molecule has 0 radical (unpaired) electrons. The predicted molar refractivity (Wildman–Crippen MR) is 133 cm³/mol. The Morgan fingerprint density at radius 2 is 1.81 bits per heavy atom. The van der Waals surface area contributed by atoms with Crippen molar-refractivity contribution in [3.05, 3.63) is 76.9 Å². The second kappa shape index (κ2) is 9.54. The molecule has 190 valence electrons. The molecule has 0 saturated carbocycles. The Balaban J connectivity index is 1.78. The van der Waals surface area contributed by atoms with E-state index in [1.165, 1.54) is 34.6 Å². The summed E-state index contributed by atoms with van der Waals surface area (Å²) < 4.78 is 62.2. The number of hydrogen-bond acceptors (Lipinski definition) is 4. The highest BCUT2D eigenvalue weighted by Gasteiger charge is 2.39. The molecule has 0 aromatic heterocycles. The monoisotopic (exact) mass is 515 g/mol.